The number of nitrogen functional groups attached to an aromatic ring is 1. The van der Waals surface area contributed by atoms with E-state index in [9.17, 15) is 27.6 Å². The van der Waals surface area contributed by atoms with Crippen LogP contribution in [0.2, 0.25) is 0 Å². The molecule has 1 aromatic heterocycles. The van der Waals surface area contributed by atoms with Crippen LogP contribution in [0.5, 0.6) is 5.75 Å². The molecule has 2 amide bonds. The molecule has 1 aliphatic heterocycles. The van der Waals surface area contributed by atoms with E-state index in [2.05, 4.69) is 4.74 Å². The summed E-state index contributed by atoms with van der Waals surface area (Å²) in [6, 6.07) is 4.02. The summed E-state index contributed by atoms with van der Waals surface area (Å²) in [5.41, 5.74) is 4.63. The van der Waals surface area contributed by atoms with Crippen molar-refractivity contribution < 1.29 is 27.5 Å². The van der Waals surface area contributed by atoms with Gasteiger partial charge in [0.15, 0.2) is 11.6 Å². The average molecular weight is 353 g/mol. The molecule has 7 nitrogen and oxygen atoms in total. The number of hydrogen-bond acceptors (Lipinski definition) is 5. The van der Waals surface area contributed by atoms with Crippen molar-refractivity contribution in [2.24, 2.45) is 0 Å². The highest BCUT2D eigenvalue weighted by atomic mass is 19.3. The van der Waals surface area contributed by atoms with Crippen molar-refractivity contribution in [1.29, 1.82) is 0 Å². The molecule has 0 spiro atoms. The summed E-state index contributed by atoms with van der Waals surface area (Å²) >= 11 is 0. The summed E-state index contributed by atoms with van der Waals surface area (Å²) in [5, 5.41) is 2.00. The van der Waals surface area contributed by atoms with E-state index < -0.39 is 42.0 Å². The van der Waals surface area contributed by atoms with E-state index in [1.807, 2.05) is 5.32 Å². The van der Waals surface area contributed by atoms with Gasteiger partial charge in [-0.25, -0.2) is 13.2 Å². The standard InChI is InChI=1S/C15H10F3N3O4/c16-8-3-6(1-2-9(8)25-5-10(17)18)21-11(22)4-7-12(13(21)19)15(24)20-14(7)23/h1-4,10H,5,19H2,(H,20,23,24). The molecule has 10 heteroatoms. The fraction of sp³-hybridized carbons (Fsp3) is 0.133. The second-order valence-corrected chi connectivity index (χ2v) is 5.09. The van der Waals surface area contributed by atoms with Gasteiger partial charge in [0.1, 0.15) is 12.4 Å². The van der Waals surface area contributed by atoms with E-state index in [0.717, 1.165) is 22.8 Å². The van der Waals surface area contributed by atoms with Gasteiger partial charge in [-0.2, -0.15) is 0 Å². The third-order valence-electron chi connectivity index (χ3n) is 3.49. The quantitative estimate of drug-likeness (QED) is 0.801. The number of nitrogens with two attached hydrogens (primary N) is 1. The highest BCUT2D eigenvalue weighted by Crippen LogP contribution is 2.25. The zero-order valence-corrected chi connectivity index (χ0v) is 12.4. The molecule has 0 unspecified atom stereocenters. The minimum atomic E-state index is -2.77. The van der Waals surface area contributed by atoms with E-state index >= 15 is 0 Å². The third kappa shape index (κ3) is 2.82. The largest absolute Gasteiger partial charge is 0.485 e. The van der Waals surface area contributed by atoms with Gasteiger partial charge in [-0.1, -0.05) is 0 Å². The number of amides is 2. The summed E-state index contributed by atoms with van der Waals surface area (Å²) in [7, 11) is 0. The second-order valence-electron chi connectivity index (χ2n) is 5.09. The average Bonchev–Trinajstić information content (AvgIpc) is 2.80. The highest BCUT2D eigenvalue weighted by Gasteiger charge is 2.31. The third-order valence-corrected chi connectivity index (χ3v) is 3.49. The van der Waals surface area contributed by atoms with Crippen molar-refractivity contribution in [3.8, 4) is 11.4 Å². The number of nitrogens with one attached hydrogen (secondary N) is 1. The van der Waals surface area contributed by atoms with E-state index in [4.69, 9.17) is 5.73 Å². The maximum Gasteiger partial charge on any atom is 0.272 e. The SMILES string of the molecule is Nc1c2c(cc(=O)n1-c1ccc(OCC(F)F)c(F)c1)C(=O)NC2=O. The van der Waals surface area contributed by atoms with Crippen molar-refractivity contribution in [1.82, 2.24) is 9.88 Å². The summed E-state index contributed by atoms with van der Waals surface area (Å²) in [6.45, 7) is -0.987. The monoisotopic (exact) mass is 353 g/mol. The van der Waals surface area contributed by atoms with Gasteiger partial charge < -0.3 is 10.5 Å². The number of anilines is 1. The lowest BCUT2D eigenvalue weighted by molar-refractivity contribution is 0.0799. The summed E-state index contributed by atoms with van der Waals surface area (Å²) in [6.07, 6.45) is -2.77. The lowest BCUT2D eigenvalue weighted by atomic mass is 10.1. The lowest BCUT2D eigenvalue weighted by Crippen LogP contribution is -2.24. The van der Waals surface area contributed by atoms with Crippen LogP contribution in [0.15, 0.2) is 29.1 Å². The number of fused-ring (bicyclic) bond motifs is 1. The molecule has 130 valence electrons. The number of hydrogen-bond donors (Lipinski definition) is 2. The zero-order chi connectivity index (χ0) is 18.3. The molecule has 0 radical (unpaired) electrons. The van der Waals surface area contributed by atoms with E-state index in [1.165, 1.54) is 6.07 Å². The molecule has 0 atom stereocenters. The Balaban J connectivity index is 2.08. The van der Waals surface area contributed by atoms with Crippen LogP contribution < -0.4 is 21.3 Å². The number of aromatic nitrogens is 1. The van der Waals surface area contributed by atoms with Crippen molar-refractivity contribution >= 4 is 17.6 Å². The number of pyridine rings is 1. The minimum Gasteiger partial charge on any atom is -0.485 e. The van der Waals surface area contributed by atoms with Crippen molar-refractivity contribution in [3.05, 3.63) is 51.6 Å². The first-order chi connectivity index (χ1) is 11.8. The normalized spacial score (nSPS) is 13.1. The maximum atomic E-state index is 14.0. The predicted octanol–water partition coefficient (Wildman–Crippen LogP) is 1.09. The van der Waals surface area contributed by atoms with Gasteiger partial charge in [-0.15, -0.1) is 0 Å². The fourth-order valence-electron chi connectivity index (χ4n) is 2.44. The molecule has 0 saturated carbocycles. The van der Waals surface area contributed by atoms with E-state index in [-0.39, 0.29) is 22.6 Å². The molecule has 0 fully saturated rings. The number of carbonyl (C=O) groups excluding carboxylic acids is 2. The van der Waals surface area contributed by atoms with Gasteiger partial charge in [0.25, 0.3) is 23.8 Å². The van der Waals surface area contributed by atoms with Gasteiger partial charge in [0.2, 0.25) is 0 Å². The smallest absolute Gasteiger partial charge is 0.272 e. The number of rotatable bonds is 4. The number of benzene rings is 1. The first-order valence-electron chi connectivity index (χ1n) is 6.91. The number of ether oxygens (including phenoxy) is 1. The molecular weight excluding hydrogens is 343 g/mol. The van der Waals surface area contributed by atoms with Gasteiger partial charge in [-0.05, 0) is 12.1 Å². The summed E-state index contributed by atoms with van der Waals surface area (Å²) in [4.78, 5) is 35.6. The van der Waals surface area contributed by atoms with Crippen LogP contribution in [0.1, 0.15) is 20.7 Å². The van der Waals surface area contributed by atoms with E-state index in [0.29, 0.717) is 0 Å². The maximum absolute atomic E-state index is 14.0. The highest BCUT2D eigenvalue weighted by molar-refractivity contribution is 6.23. The molecule has 2 heterocycles. The van der Waals surface area contributed by atoms with Crippen molar-refractivity contribution in [2.75, 3.05) is 12.3 Å². The number of nitrogens with zero attached hydrogens (tertiary/aromatic N) is 1. The van der Waals surface area contributed by atoms with Crippen LogP contribution in [0.25, 0.3) is 5.69 Å². The van der Waals surface area contributed by atoms with Crippen LogP contribution >= 0.6 is 0 Å². The molecule has 3 rings (SSSR count). The summed E-state index contributed by atoms with van der Waals surface area (Å²) in [5.74, 6) is -3.29. The molecular formula is C15H10F3N3O4. The number of carbonyl (C=O) groups is 2. The Hall–Kier alpha value is -3.30. The molecule has 0 bridgehead atoms. The molecule has 1 aromatic carbocycles. The molecule has 3 N–H and O–H groups in total. The van der Waals surface area contributed by atoms with Gasteiger partial charge in [0, 0.05) is 12.1 Å². The Kier molecular flexibility index (Phi) is 3.95. The predicted molar refractivity (Wildman–Crippen MR) is 79.7 cm³/mol. The molecule has 25 heavy (non-hydrogen) atoms. The zero-order valence-electron chi connectivity index (χ0n) is 12.4. The number of halogens is 3. The van der Waals surface area contributed by atoms with Crippen LogP contribution in [0.4, 0.5) is 19.0 Å². The van der Waals surface area contributed by atoms with Crippen LogP contribution in [-0.2, 0) is 0 Å². The Bertz CT molecular complexity index is 956. The number of alkyl halides is 2. The van der Waals surface area contributed by atoms with Gasteiger partial charge in [-0.3, -0.25) is 24.3 Å². The van der Waals surface area contributed by atoms with Crippen LogP contribution in [0.3, 0.4) is 0 Å². The van der Waals surface area contributed by atoms with Crippen molar-refractivity contribution in [2.45, 2.75) is 6.43 Å². The molecule has 1 aliphatic rings. The molecule has 0 aliphatic carbocycles. The topological polar surface area (TPSA) is 103 Å². The van der Waals surface area contributed by atoms with E-state index in [1.54, 1.807) is 0 Å². The summed E-state index contributed by atoms with van der Waals surface area (Å²) < 4.78 is 43.7. The minimum absolute atomic E-state index is 0.0562. The Morgan fingerprint density at radius 3 is 2.52 bits per heavy atom. The van der Waals surface area contributed by atoms with Gasteiger partial charge in [0.05, 0.1) is 16.8 Å². The molecule has 2 aromatic rings. The van der Waals surface area contributed by atoms with Gasteiger partial charge >= 0.3 is 0 Å². The van der Waals surface area contributed by atoms with Crippen LogP contribution in [0, 0.1) is 5.82 Å². The van der Waals surface area contributed by atoms with Crippen LogP contribution in [-0.4, -0.2) is 29.4 Å². The molecule has 0 saturated heterocycles. The fourth-order valence-corrected chi connectivity index (χ4v) is 2.44. The Labute approximate surface area is 137 Å². The Morgan fingerprint density at radius 1 is 1.16 bits per heavy atom. The number of imide groups is 1. The van der Waals surface area contributed by atoms with Crippen molar-refractivity contribution in [3.63, 3.8) is 0 Å². The first-order valence-corrected chi connectivity index (χ1v) is 6.91. The second kappa shape index (κ2) is 5.96. The Morgan fingerprint density at radius 2 is 1.88 bits per heavy atom. The first kappa shape index (κ1) is 16.6. The lowest BCUT2D eigenvalue weighted by Gasteiger charge is -2.13.